The molecule has 7 nitrogen and oxygen atoms in total. The Balaban J connectivity index is 1.83. The van der Waals surface area contributed by atoms with Gasteiger partial charge >= 0.3 is 0 Å². The molecule has 8 heteroatoms. The third kappa shape index (κ3) is 6.54. The Morgan fingerprint density at radius 2 is 1.57 bits per heavy atom. The first-order valence-electron chi connectivity index (χ1n) is 11.4. The zero-order valence-electron chi connectivity index (χ0n) is 20.6. The van der Waals surface area contributed by atoms with Crippen molar-refractivity contribution in [2.75, 3.05) is 31.6 Å². The van der Waals surface area contributed by atoms with Crippen LogP contribution < -0.4 is 19.1 Å². The van der Waals surface area contributed by atoms with E-state index in [2.05, 4.69) is 5.32 Å². The van der Waals surface area contributed by atoms with Crippen molar-refractivity contribution in [2.45, 2.75) is 31.6 Å². The number of aryl methyl sites for hydroxylation is 2. The molecule has 3 aromatic carbocycles. The number of carbonyl (C=O) groups is 1. The summed E-state index contributed by atoms with van der Waals surface area (Å²) >= 11 is 0. The van der Waals surface area contributed by atoms with E-state index in [-0.39, 0.29) is 17.2 Å². The second-order valence-electron chi connectivity index (χ2n) is 8.13. The van der Waals surface area contributed by atoms with Crippen LogP contribution in [0.25, 0.3) is 0 Å². The lowest BCUT2D eigenvalue weighted by Gasteiger charge is -2.25. The summed E-state index contributed by atoms with van der Waals surface area (Å²) in [4.78, 5) is 12.9. The normalized spacial score (nSPS) is 11.1. The van der Waals surface area contributed by atoms with Crippen molar-refractivity contribution in [1.82, 2.24) is 5.32 Å². The third-order valence-electron chi connectivity index (χ3n) is 5.70. The van der Waals surface area contributed by atoms with Crippen LogP contribution in [0.3, 0.4) is 0 Å². The summed E-state index contributed by atoms with van der Waals surface area (Å²) < 4.78 is 39.2. The minimum absolute atomic E-state index is 0.0191. The van der Waals surface area contributed by atoms with Gasteiger partial charge in [0, 0.05) is 6.54 Å². The van der Waals surface area contributed by atoms with Gasteiger partial charge in [0.1, 0.15) is 22.9 Å². The monoisotopic (exact) mass is 496 g/mol. The van der Waals surface area contributed by atoms with E-state index in [1.165, 1.54) is 7.11 Å². The molecule has 0 aliphatic rings. The van der Waals surface area contributed by atoms with Gasteiger partial charge in [-0.3, -0.25) is 9.10 Å². The topological polar surface area (TPSA) is 84.9 Å². The van der Waals surface area contributed by atoms with E-state index in [0.29, 0.717) is 18.7 Å². The molecular weight excluding hydrogens is 464 g/mol. The molecule has 0 fully saturated rings. The van der Waals surface area contributed by atoms with E-state index in [1.807, 2.05) is 50.2 Å². The smallest absolute Gasteiger partial charge is 0.268 e. The number of anilines is 1. The predicted octanol–water partition coefficient (Wildman–Crippen LogP) is 4.13. The number of benzene rings is 3. The Hall–Kier alpha value is -3.52. The minimum Gasteiger partial charge on any atom is -0.497 e. The van der Waals surface area contributed by atoms with Gasteiger partial charge in [-0.15, -0.1) is 0 Å². The van der Waals surface area contributed by atoms with Gasteiger partial charge in [0.2, 0.25) is 5.91 Å². The molecule has 0 aliphatic heterocycles. The molecular formula is C27H32N2O5S. The van der Waals surface area contributed by atoms with Crippen LogP contribution in [0.5, 0.6) is 11.5 Å². The van der Waals surface area contributed by atoms with E-state index in [1.54, 1.807) is 37.4 Å². The number of carbonyl (C=O) groups excluding carboxylic acids is 1. The fourth-order valence-electron chi connectivity index (χ4n) is 3.64. The predicted molar refractivity (Wildman–Crippen MR) is 138 cm³/mol. The molecule has 1 amide bonds. The maximum absolute atomic E-state index is 13.8. The summed E-state index contributed by atoms with van der Waals surface area (Å²) in [6.07, 6.45) is 1.43. The molecule has 0 aromatic heterocycles. The molecule has 35 heavy (non-hydrogen) atoms. The second-order valence-corrected chi connectivity index (χ2v) is 9.96. The number of hydrogen-bond acceptors (Lipinski definition) is 5. The Bertz CT molecular complexity index is 1240. The highest BCUT2D eigenvalue weighted by molar-refractivity contribution is 7.93. The molecule has 0 radical (unpaired) electrons. The number of rotatable bonds is 11. The van der Waals surface area contributed by atoms with Gasteiger partial charge in [-0.25, -0.2) is 8.42 Å². The Morgan fingerprint density at radius 3 is 2.17 bits per heavy atom. The molecule has 0 saturated carbocycles. The van der Waals surface area contributed by atoms with E-state index in [0.717, 1.165) is 33.2 Å². The quantitative estimate of drug-likeness (QED) is 0.432. The summed E-state index contributed by atoms with van der Waals surface area (Å²) in [7, 11) is -1.05. The molecule has 0 saturated heterocycles. The van der Waals surface area contributed by atoms with Gasteiger partial charge < -0.3 is 14.8 Å². The molecule has 0 atom stereocenters. The average Bonchev–Trinajstić information content (AvgIpc) is 2.87. The SMILES string of the molecule is CCc1ccc(N(CC(=O)NCCc2ccc(OC)cc2)S(=O)(=O)c2cc(C)ccc2OC)cc1. The largest absolute Gasteiger partial charge is 0.497 e. The van der Waals surface area contributed by atoms with E-state index >= 15 is 0 Å². The molecule has 3 aromatic rings. The highest BCUT2D eigenvalue weighted by Gasteiger charge is 2.30. The molecule has 3 rings (SSSR count). The fraction of sp³-hybridized carbons (Fsp3) is 0.296. The van der Waals surface area contributed by atoms with Crippen LogP contribution in [-0.4, -0.2) is 41.6 Å². The summed E-state index contributed by atoms with van der Waals surface area (Å²) in [5.74, 6) is 0.596. The van der Waals surface area contributed by atoms with Crippen molar-refractivity contribution in [3.63, 3.8) is 0 Å². The highest BCUT2D eigenvalue weighted by atomic mass is 32.2. The number of hydrogen-bond donors (Lipinski definition) is 1. The van der Waals surface area contributed by atoms with E-state index in [9.17, 15) is 13.2 Å². The second kappa shape index (κ2) is 11.8. The van der Waals surface area contributed by atoms with Crippen molar-refractivity contribution in [1.29, 1.82) is 0 Å². The third-order valence-corrected chi connectivity index (χ3v) is 7.50. The molecule has 0 unspecified atom stereocenters. The first-order valence-corrected chi connectivity index (χ1v) is 12.9. The molecule has 0 aliphatic carbocycles. The zero-order valence-corrected chi connectivity index (χ0v) is 21.4. The number of nitrogens with one attached hydrogen (secondary N) is 1. The lowest BCUT2D eigenvalue weighted by Crippen LogP contribution is -2.41. The van der Waals surface area contributed by atoms with Gasteiger partial charge in [0.25, 0.3) is 10.0 Å². The van der Waals surface area contributed by atoms with Gasteiger partial charge in [0.05, 0.1) is 19.9 Å². The molecule has 1 N–H and O–H groups in total. The standard InChI is InChI=1S/C27H32N2O5S/c1-5-21-7-11-23(12-8-21)29(35(31,32)26-18-20(2)6-15-25(26)34-4)19-27(30)28-17-16-22-9-13-24(33-3)14-10-22/h6-15,18H,5,16-17,19H2,1-4H3,(H,28,30). The van der Waals surface area contributed by atoms with Crippen LogP contribution in [0.1, 0.15) is 23.6 Å². The van der Waals surface area contributed by atoms with Crippen LogP contribution in [0.4, 0.5) is 5.69 Å². The van der Waals surface area contributed by atoms with Crippen LogP contribution >= 0.6 is 0 Å². The zero-order chi connectivity index (χ0) is 25.4. The van der Waals surface area contributed by atoms with E-state index in [4.69, 9.17) is 9.47 Å². The minimum atomic E-state index is -4.09. The molecule has 186 valence electrons. The first kappa shape index (κ1) is 26.1. The lowest BCUT2D eigenvalue weighted by molar-refractivity contribution is -0.119. The number of methoxy groups -OCH3 is 2. The lowest BCUT2D eigenvalue weighted by atomic mass is 10.1. The molecule has 0 heterocycles. The maximum Gasteiger partial charge on any atom is 0.268 e. The Morgan fingerprint density at radius 1 is 0.914 bits per heavy atom. The van der Waals surface area contributed by atoms with Crippen LogP contribution in [-0.2, 0) is 27.7 Å². The summed E-state index contributed by atoms with van der Waals surface area (Å²) in [6, 6.07) is 19.7. The number of nitrogens with zero attached hydrogens (tertiary/aromatic N) is 1. The van der Waals surface area contributed by atoms with Crippen molar-refractivity contribution in [3.8, 4) is 11.5 Å². The van der Waals surface area contributed by atoms with Gasteiger partial charge in [-0.1, -0.05) is 37.3 Å². The Labute approximate surface area is 207 Å². The average molecular weight is 497 g/mol. The van der Waals surface area contributed by atoms with Crippen LogP contribution in [0, 0.1) is 6.92 Å². The molecule has 0 bridgehead atoms. The van der Waals surface area contributed by atoms with Gasteiger partial charge in [-0.2, -0.15) is 0 Å². The van der Waals surface area contributed by atoms with Crippen molar-refractivity contribution in [2.24, 2.45) is 0 Å². The van der Waals surface area contributed by atoms with Crippen molar-refractivity contribution in [3.05, 3.63) is 83.4 Å². The van der Waals surface area contributed by atoms with E-state index < -0.39 is 15.9 Å². The van der Waals surface area contributed by atoms with Crippen LogP contribution in [0.2, 0.25) is 0 Å². The van der Waals surface area contributed by atoms with Crippen LogP contribution in [0.15, 0.2) is 71.6 Å². The summed E-state index contributed by atoms with van der Waals surface area (Å²) in [6.45, 7) is 3.86. The number of sulfonamides is 1. The van der Waals surface area contributed by atoms with Gasteiger partial charge in [0.15, 0.2) is 0 Å². The Kier molecular flexibility index (Phi) is 8.76. The number of ether oxygens (including phenoxy) is 2. The van der Waals surface area contributed by atoms with Gasteiger partial charge in [-0.05, 0) is 72.9 Å². The summed E-state index contributed by atoms with van der Waals surface area (Å²) in [5.41, 5.74) is 3.30. The van der Waals surface area contributed by atoms with Crippen molar-refractivity contribution >= 4 is 21.6 Å². The highest BCUT2D eigenvalue weighted by Crippen LogP contribution is 2.31. The number of amides is 1. The van der Waals surface area contributed by atoms with Crippen molar-refractivity contribution < 1.29 is 22.7 Å². The molecule has 0 spiro atoms. The maximum atomic E-state index is 13.8. The first-order chi connectivity index (χ1) is 16.8. The fourth-order valence-corrected chi connectivity index (χ4v) is 5.31. The summed E-state index contributed by atoms with van der Waals surface area (Å²) in [5, 5.41) is 2.84.